The van der Waals surface area contributed by atoms with E-state index in [1.165, 1.54) is 13.2 Å². The highest BCUT2D eigenvalue weighted by Crippen LogP contribution is 2.18. The number of hydrogen-bond donors (Lipinski definition) is 0. The lowest BCUT2D eigenvalue weighted by atomic mass is 9.93. The Morgan fingerprint density at radius 2 is 1.69 bits per heavy atom. The molecule has 0 amide bonds. The maximum absolute atomic E-state index is 13.6. The molecule has 0 fully saturated rings. The Labute approximate surface area is 190 Å². The van der Waals surface area contributed by atoms with Gasteiger partial charge < -0.3 is 4.74 Å². The van der Waals surface area contributed by atoms with Crippen molar-refractivity contribution < 1.29 is 23.5 Å². The highest BCUT2D eigenvalue weighted by atomic mass is 19.1. The van der Waals surface area contributed by atoms with Gasteiger partial charge in [0, 0.05) is 32.2 Å². The lowest BCUT2D eigenvalue weighted by molar-refractivity contribution is -0.147. The summed E-state index contributed by atoms with van der Waals surface area (Å²) in [7, 11) is 1.31. The summed E-state index contributed by atoms with van der Waals surface area (Å²) in [4.78, 5) is 38.5. The predicted octanol–water partition coefficient (Wildman–Crippen LogP) is 3.59. The number of methoxy groups -OCH3 is 1. The SMILES string of the molecule is C#CCN(CC#C)CCCC[C@H](CC(=O)CCCC(=O)Cc1ccccc1F)C(=O)OC. The first kappa shape index (κ1) is 27.1. The number of nitrogens with zero attached hydrogens (tertiary/aromatic N) is 1. The zero-order chi connectivity index (χ0) is 23.8. The third kappa shape index (κ3) is 10.9. The molecule has 5 nitrogen and oxygen atoms in total. The van der Waals surface area contributed by atoms with Gasteiger partial charge in [-0.2, -0.15) is 0 Å². The van der Waals surface area contributed by atoms with E-state index in [2.05, 4.69) is 11.8 Å². The second-order valence-corrected chi connectivity index (χ2v) is 7.74. The third-order valence-corrected chi connectivity index (χ3v) is 5.17. The van der Waals surface area contributed by atoms with Crippen LogP contribution in [0, 0.1) is 36.4 Å². The van der Waals surface area contributed by atoms with Gasteiger partial charge in [0.25, 0.3) is 0 Å². The Morgan fingerprint density at radius 3 is 2.31 bits per heavy atom. The van der Waals surface area contributed by atoms with Gasteiger partial charge in [-0.25, -0.2) is 4.39 Å². The largest absolute Gasteiger partial charge is 0.469 e. The molecule has 6 heteroatoms. The van der Waals surface area contributed by atoms with Gasteiger partial charge in [-0.05, 0) is 30.9 Å². The van der Waals surface area contributed by atoms with Gasteiger partial charge in [0.1, 0.15) is 17.4 Å². The molecule has 0 heterocycles. The Kier molecular flexibility index (Phi) is 13.4. The van der Waals surface area contributed by atoms with E-state index in [-0.39, 0.29) is 37.2 Å². The van der Waals surface area contributed by atoms with E-state index in [0.717, 1.165) is 19.4 Å². The van der Waals surface area contributed by atoms with Crippen molar-refractivity contribution in [2.45, 2.75) is 51.4 Å². The van der Waals surface area contributed by atoms with E-state index in [1.54, 1.807) is 18.2 Å². The van der Waals surface area contributed by atoms with Gasteiger partial charge in [-0.3, -0.25) is 19.3 Å². The summed E-state index contributed by atoms with van der Waals surface area (Å²) in [5.74, 6) is 3.63. The summed E-state index contributed by atoms with van der Waals surface area (Å²) in [6.07, 6.45) is 13.6. The lowest BCUT2D eigenvalue weighted by Crippen LogP contribution is -2.26. The van der Waals surface area contributed by atoms with Crippen LogP contribution in [0.25, 0.3) is 0 Å². The van der Waals surface area contributed by atoms with Crippen molar-refractivity contribution in [1.82, 2.24) is 4.90 Å². The van der Waals surface area contributed by atoms with E-state index in [0.29, 0.717) is 31.5 Å². The van der Waals surface area contributed by atoms with Gasteiger partial charge in [0.05, 0.1) is 26.1 Å². The summed E-state index contributed by atoms with van der Waals surface area (Å²) < 4.78 is 18.5. The van der Waals surface area contributed by atoms with E-state index in [1.807, 2.05) is 4.90 Å². The molecule has 0 aliphatic heterocycles. The topological polar surface area (TPSA) is 63.7 Å². The lowest BCUT2D eigenvalue weighted by Gasteiger charge is -2.18. The summed E-state index contributed by atoms with van der Waals surface area (Å²) in [5, 5.41) is 0. The molecule has 32 heavy (non-hydrogen) atoms. The second-order valence-electron chi connectivity index (χ2n) is 7.74. The number of carbonyl (C=O) groups excluding carboxylic acids is 3. The number of benzene rings is 1. The third-order valence-electron chi connectivity index (χ3n) is 5.17. The monoisotopic (exact) mass is 441 g/mol. The van der Waals surface area contributed by atoms with Crippen molar-refractivity contribution in [3.8, 4) is 24.7 Å². The molecule has 172 valence electrons. The summed E-state index contributed by atoms with van der Waals surface area (Å²) in [6, 6.07) is 6.16. The number of terminal acetylenes is 2. The molecule has 1 aromatic rings. The van der Waals surface area contributed by atoms with Crippen molar-refractivity contribution in [3.05, 3.63) is 35.6 Å². The summed E-state index contributed by atoms with van der Waals surface area (Å²) in [6.45, 7) is 1.66. The Bertz CT molecular complexity index is 821. The quantitative estimate of drug-likeness (QED) is 0.223. The first-order valence-electron chi connectivity index (χ1n) is 10.8. The predicted molar refractivity (Wildman–Crippen MR) is 122 cm³/mol. The van der Waals surface area contributed by atoms with Gasteiger partial charge in [-0.15, -0.1) is 12.8 Å². The van der Waals surface area contributed by atoms with E-state index >= 15 is 0 Å². The number of halogens is 1. The van der Waals surface area contributed by atoms with Crippen molar-refractivity contribution >= 4 is 17.5 Å². The number of rotatable bonds is 16. The number of hydrogen-bond acceptors (Lipinski definition) is 5. The van der Waals surface area contributed by atoms with Gasteiger partial charge >= 0.3 is 5.97 Å². The van der Waals surface area contributed by atoms with Crippen molar-refractivity contribution in [2.24, 2.45) is 5.92 Å². The Balaban J connectivity index is 2.39. The number of esters is 1. The molecule has 0 aliphatic carbocycles. The molecule has 0 N–H and O–H groups in total. The van der Waals surface area contributed by atoms with Crippen LogP contribution >= 0.6 is 0 Å². The fourth-order valence-electron chi connectivity index (χ4n) is 3.47. The molecule has 0 saturated heterocycles. The molecule has 1 aromatic carbocycles. The molecule has 0 spiro atoms. The van der Waals surface area contributed by atoms with Gasteiger partial charge in [0.2, 0.25) is 0 Å². The van der Waals surface area contributed by atoms with Crippen molar-refractivity contribution in [1.29, 1.82) is 0 Å². The summed E-state index contributed by atoms with van der Waals surface area (Å²) in [5.41, 5.74) is 0.359. The van der Waals surface area contributed by atoms with Crippen LogP contribution < -0.4 is 0 Å². The second kappa shape index (κ2) is 15.8. The summed E-state index contributed by atoms with van der Waals surface area (Å²) >= 11 is 0. The van der Waals surface area contributed by atoms with Crippen LogP contribution in [0.3, 0.4) is 0 Å². The molecule has 0 bridgehead atoms. The number of ether oxygens (including phenoxy) is 1. The molecule has 1 atom stereocenters. The normalized spacial score (nSPS) is 11.4. The molecule has 0 unspecified atom stereocenters. The smallest absolute Gasteiger partial charge is 0.309 e. The molecule has 0 aliphatic rings. The van der Waals surface area contributed by atoms with Crippen LogP contribution in [-0.2, 0) is 25.5 Å². The van der Waals surface area contributed by atoms with Crippen LogP contribution in [0.5, 0.6) is 0 Å². The average molecular weight is 442 g/mol. The minimum Gasteiger partial charge on any atom is -0.469 e. The van der Waals surface area contributed by atoms with Crippen LogP contribution in [0.2, 0.25) is 0 Å². The van der Waals surface area contributed by atoms with Crippen molar-refractivity contribution in [3.63, 3.8) is 0 Å². The van der Waals surface area contributed by atoms with Crippen molar-refractivity contribution in [2.75, 3.05) is 26.7 Å². The number of ketones is 2. The molecular weight excluding hydrogens is 409 g/mol. The van der Waals surface area contributed by atoms with Crippen LogP contribution in [0.15, 0.2) is 24.3 Å². The maximum Gasteiger partial charge on any atom is 0.309 e. The standard InChI is InChI=1S/C26H32FNO4/c1-4-16-28(17-5-2)18-9-8-12-22(26(31)32-3)20-24(30)14-10-13-23(29)19-21-11-6-7-15-25(21)27/h1-2,6-7,11,15,22H,8-10,12-14,16-20H2,3H3/t22-/m1/s1. The first-order valence-corrected chi connectivity index (χ1v) is 10.8. The first-order chi connectivity index (χ1) is 15.4. The van der Waals surface area contributed by atoms with Gasteiger partial charge in [0.15, 0.2) is 0 Å². The molecule has 0 radical (unpaired) electrons. The fraction of sp³-hybridized carbons (Fsp3) is 0.500. The highest BCUT2D eigenvalue weighted by molar-refractivity contribution is 5.85. The fourth-order valence-corrected chi connectivity index (χ4v) is 3.47. The van der Waals surface area contributed by atoms with E-state index in [9.17, 15) is 18.8 Å². The minimum absolute atomic E-state index is 0.0159. The molecular formula is C26H32FNO4. The van der Waals surface area contributed by atoms with Crippen LogP contribution in [-0.4, -0.2) is 49.2 Å². The Morgan fingerprint density at radius 1 is 1.03 bits per heavy atom. The van der Waals surface area contributed by atoms with Crippen LogP contribution in [0.4, 0.5) is 4.39 Å². The Hall–Kier alpha value is -2.96. The number of unbranched alkanes of at least 4 members (excludes halogenated alkanes) is 1. The van der Waals surface area contributed by atoms with Gasteiger partial charge in [-0.1, -0.05) is 36.5 Å². The van der Waals surface area contributed by atoms with E-state index < -0.39 is 17.7 Å². The minimum atomic E-state index is -0.504. The maximum atomic E-state index is 13.6. The zero-order valence-electron chi connectivity index (χ0n) is 18.8. The molecule has 1 rings (SSSR count). The highest BCUT2D eigenvalue weighted by Gasteiger charge is 2.22. The molecule has 0 aromatic heterocycles. The zero-order valence-corrected chi connectivity index (χ0v) is 18.8. The number of carbonyl (C=O) groups is 3. The molecule has 0 saturated carbocycles. The average Bonchev–Trinajstić information content (AvgIpc) is 2.77. The van der Waals surface area contributed by atoms with Crippen LogP contribution in [0.1, 0.15) is 50.5 Å². The number of Topliss-reactive ketones (excluding diaryl/α,β-unsaturated/α-hetero) is 2. The van der Waals surface area contributed by atoms with E-state index in [4.69, 9.17) is 17.6 Å².